The van der Waals surface area contributed by atoms with E-state index in [1.807, 2.05) is 18.3 Å². The second-order valence-electron chi connectivity index (χ2n) is 4.32. The number of carbonyl (C=O) groups is 1. The fourth-order valence-corrected chi connectivity index (χ4v) is 1.32. The van der Waals surface area contributed by atoms with Crippen molar-refractivity contribution in [3.63, 3.8) is 0 Å². The summed E-state index contributed by atoms with van der Waals surface area (Å²) in [6.45, 7) is 4.02. The Balaban J connectivity index is 2.25. The minimum Gasteiger partial charge on any atom is -0.480 e. The number of pyridine rings is 1. The first-order valence-electron chi connectivity index (χ1n) is 5.40. The molecule has 0 spiro atoms. The summed E-state index contributed by atoms with van der Waals surface area (Å²) in [5, 5.41) is 11.9. The quantitative estimate of drug-likeness (QED) is 0.715. The molecule has 0 aliphatic heterocycles. The summed E-state index contributed by atoms with van der Waals surface area (Å²) < 4.78 is 0. The van der Waals surface area contributed by atoms with Gasteiger partial charge in [0.05, 0.1) is 0 Å². The van der Waals surface area contributed by atoms with Crippen molar-refractivity contribution in [1.29, 1.82) is 0 Å². The Morgan fingerprint density at radius 2 is 2.31 bits per heavy atom. The predicted molar refractivity (Wildman–Crippen MR) is 62.3 cm³/mol. The van der Waals surface area contributed by atoms with Crippen LogP contribution in [0.3, 0.4) is 0 Å². The largest absolute Gasteiger partial charge is 0.480 e. The fraction of sp³-hybridized carbons (Fsp3) is 0.500. The van der Waals surface area contributed by atoms with Gasteiger partial charge in [0, 0.05) is 12.4 Å². The van der Waals surface area contributed by atoms with Crippen molar-refractivity contribution >= 4 is 5.97 Å². The van der Waals surface area contributed by atoms with Gasteiger partial charge >= 0.3 is 5.97 Å². The Bertz CT molecular complexity index is 336. The lowest BCUT2D eigenvalue weighted by molar-refractivity contribution is -0.143. The number of aryl methyl sites for hydroxylation is 1. The molecule has 0 aliphatic rings. The van der Waals surface area contributed by atoms with Crippen molar-refractivity contribution < 1.29 is 9.90 Å². The number of nitrogens with zero attached hydrogens (tertiary/aromatic N) is 1. The van der Waals surface area contributed by atoms with Crippen molar-refractivity contribution in [2.75, 3.05) is 6.54 Å². The predicted octanol–water partition coefficient (Wildman–Crippen LogP) is 1.47. The summed E-state index contributed by atoms with van der Waals surface area (Å²) in [5.74, 6) is -0.825. The first kappa shape index (κ1) is 12.6. The Labute approximate surface area is 95.7 Å². The lowest BCUT2D eigenvalue weighted by Gasteiger charge is -2.20. The first-order chi connectivity index (χ1) is 7.52. The van der Waals surface area contributed by atoms with Crippen LogP contribution in [0.15, 0.2) is 24.5 Å². The van der Waals surface area contributed by atoms with E-state index in [-0.39, 0.29) is 0 Å². The summed E-state index contributed by atoms with van der Waals surface area (Å²) in [4.78, 5) is 14.8. The lowest BCUT2D eigenvalue weighted by Crippen LogP contribution is -2.47. The zero-order valence-electron chi connectivity index (χ0n) is 9.73. The first-order valence-corrected chi connectivity index (χ1v) is 5.40. The fourth-order valence-electron chi connectivity index (χ4n) is 1.32. The molecule has 1 rings (SSSR count). The number of hydrogen-bond acceptors (Lipinski definition) is 3. The van der Waals surface area contributed by atoms with Gasteiger partial charge in [0.2, 0.25) is 0 Å². The number of nitrogens with one attached hydrogen (secondary N) is 1. The molecular weight excluding hydrogens is 204 g/mol. The zero-order valence-corrected chi connectivity index (χ0v) is 9.73. The van der Waals surface area contributed by atoms with E-state index < -0.39 is 11.5 Å². The molecule has 0 aromatic carbocycles. The van der Waals surface area contributed by atoms with Gasteiger partial charge in [-0.05, 0) is 44.9 Å². The van der Waals surface area contributed by atoms with Gasteiger partial charge in [0.25, 0.3) is 0 Å². The molecule has 4 heteroatoms. The molecule has 16 heavy (non-hydrogen) atoms. The third-order valence-electron chi connectivity index (χ3n) is 2.47. The molecule has 0 radical (unpaired) electrons. The molecule has 4 nitrogen and oxygen atoms in total. The van der Waals surface area contributed by atoms with Crippen LogP contribution in [0, 0.1) is 0 Å². The van der Waals surface area contributed by atoms with Crippen molar-refractivity contribution in [2.24, 2.45) is 0 Å². The van der Waals surface area contributed by atoms with E-state index in [1.165, 1.54) is 5.56 Å². The van der Waals surface area contributed by atoms with E-state index in [0.717, 1.165) is 12.8 Å². The number of carboxylic acids is 1. The van der Waals surface area contributed by atoms with Gasteiger partial charge in [-0.25, -0.2) is 0 Å². The van der Waals surface area contributed by atoms with E-state index in [0.29, 0.717) is 6.54 Å². The highest BCUT2D eigenvalue weighted by atomic mass is 16.4. The maximum Gasteiger partial charge on any atom is 0.323 e. The molecule has 1 aromatic rings. The summed E-state index contributed by atoms with van der Waals surface area (Å²) >= 11 is 0. The van der Waals surface area contributed by atoms with E-state index >= 15 is 0 Å². The third kappa shape index (κ3) is 3.98. The van der Waals surface area contributed by atoms with Crippen molar-refractivity contribution in [3.8, 4) is 0 Å². The molecule has 0 saturated carbocycles. The molecule has 0 aliphatic carbocycles. The summed E-state index contributed by atoms with van der Waals surface area (Å²) in [5.41, 5.74) is 0.326. The molecule has 88 valence electrons. The number of hydrogen-bond donors (Lipinski definition) is 2. The molecule has 1 aromatic heterocycles. The molecule has 0 fully saturated rings. The lowest BCUT2D eigenvalue weighted by atomic mass is 10.1. The highest BCUT2D eigenvalue weighted by molar-refractivity contribution is 5.77. The maximum absolute atomic E-state index is 10.8. The average Bonchev–Trinajstić information content (AvgIpc) is 2.26. The normalized spacial score (nSPS) is 11.4. The minimum absolute atomic E-state index is 0.689. The van der Waals surface area contributed by atoms with Crippen molar-refractivity contribution in [3.05, 3.63) is 30.1 Å². The summed E-state index contributed by atoms with van der Waals surface area (Å²) in [6, 6.07) is 3.93. The van der Waals surface area contributed by atoms with Gasteiger partial charge in [0.15, 0.2) is 0 Å². The van der Waals surface area contributed by atoms with Gasteiger partial charge in [-0.2, -0.15) is 0 Å². The van der Waals surface area contributed by atoms with Gasteiger partial charge < -0.3 is 10.4 Å². The van der Waals surface area contributed by atoms with Gasteiger partial charge in [-0.3, -0.25) is 9.78 Å². The molecule has 0 atom stereocenters. The standard InChI is InChI=1S/C12H18N2O2/c1-12(2,11(15)16)14-8-4-6-10-5-3-7-13-9-10/h3,5,7,9,14H,4,6,8H2,1-2H3,(H,15,16). The Morgan fingerprint density at radius 3 is 2.88 bits per heavy atom. The molecule has 0 bridgehead atoms. The molecular formula is C12H18N2O2. The van der Waals surface area contributed by atoms with Crippen molar-refractivity contribution in [2.45, 2.75) is 32.2 Å². The van der Waals surface area contributed by atoms with Crippen LogP contribution < -0.4 is 5.32 Å². The SMILES string of the molecule is CC(C)(NCCCc1cccnc1)C(=O)O. The second-order valence-corrected chi connectivity index (χ2v) is 4.32. The van der Waals surface area contributed by atoms with Gasteiger partial charge in [-0.15, -0.1) is 0 Å². The number of rotatable bonds is 6. The van der Waals surface area contributed by atoms with Crippen LogP contribution in [-0.4, -0.2) is 28.1 Å². The highest BCUT2D eigenvalue weighted by Gasteiger charge is 2.25. The second kappa shape index (κ2) is 5.61. The monoisotopic (exact) mass is 222 g/mol. The van der Waals surface area contributed by atoms with E-state index in [9.17, 15) is 4.79 Å². The molecule has 2 N–H and O–H groups in total. The highest BCUT2D eigenvalue weighted by Crippen LogP contribution is 2.03. The Hall–Kier alpha value is -1.42. The Morgan fingerprint density at radius 1 is 1.56 bits per heavy atom. The van der Waals surface area contributed by atoms with Crippen LogP contribution in [0.25, 0.3) is 0 Å². The van der Waals surface area contributed by atoms with Crippen LogP contribution in [0.2, 0.25) is 0 Å². The van der Waals surface area contributed by atoms with Gasteiger partial charge in [0.1, 0.15) is 5.54 Å². The number of aliphatic carboxylic acids is 1. The molecule has 0 unspecified atom stereocenters. The molecule has 1 heterocycles. The number of aromatic nitrogens is 1. The Kier molecular flexibility index (Phi) is 4.43. The average molecular weight is 222 g/mol. The van der Waals surface area contributed by atoms with E-state index in [1.54, 1.807) is 20.0 Å². The van der Waals surface area contributed by atoms with E-state index in [4.69, 9.17) is 5.11 Å². The van der Waals surface area contributed by atoms with Gasteiger partial charge in [-0.1, -0.05) is 6.07 Å². The van der Waals surface area contributed by atoms with Crippen LogP contribution in [0.4, 0.5) is 0 Å². The van der Waals surface area contributed by atoms with Crippen LogP contribution in [0.1, 0.15) is 25.8 Å². The van der Waals surface area contributed by atoms with Crippen LogP contribution in [0.5, 0.6) is 0 Å². The topological polar surface area (TPSA) is 62.2 Å². The van der Waals surface area contributed by atoms with E-state index in [2.05, 4.69) is 10.3 Å². The smallest absolute Gasteiger partial charge is 0.323 e. The minimum atomic E-state index is -0.852. The zero-order chi connectivity index (χ0) is 12.0. The molecule has 0 amide bonds. The van der Waals surface area contributed by atoms with Crippen LogP contribution >= 0.6 is 0 Å². The van der Waals surface area contributed by atoms with Crippen LogP contribution in [-0.2, 0) is 11.2 Å². The summed E-state index contributed by atoms with van der Waals surface area (Å²) in [7, 11) is 0. The third-order valence-corrected chi connectivity index (χ3v) is 2.47. The molecule has 0 saturated heterocycles. The number of carboxylic acid groups (broad SMARTS) is 1. The van der Waals surface area contributed by atoms with Crippen molar-refractivity contribution in [1.82, 2.24) is 10.3 Å². The maximum atomic E-state index is 10.8. The summed E-state index contributed by atoms with van der Waals surface area (Å²) in [6.07, 6.45) is 5.40.